The molecule has 1 atom stereocenters. The number of benzene rings is 1. The number of nitrogens with zero attached hydrogens (tertiary/aromatic N) is 2. The summed E-state index contributed by atoms with van der Waals surface area (Å²) in [5.74, 6) is -1.15. The van der Waals surface area contributed by atoms with E-state index in [0.29, 0.717) is 25.9 Å². The maximum absolute atomic E-state index is 12.3. The van der Waals surface area contributed by atoms with Gasteiger partial charge in [0.1, 0.15) is 0 Å². The van der Waals surface area contributed by atoms with Gasteiger partial charge in [-0.3, -0.25) is 4.79 Å². The highest BCUT2D eigenvalue weighted by molar-refractivity contribution is 5.75. The Morgan fingerprint density at radius 2 is 1.86 bits per heavy atom. The molecule has 1 aromatic rings. The first-order valence-corrected chi connectivity index (χ1v) is 7.45. The summed E-state index contributed by atoms with van der Waals surface area (Å²) in [4.78, 5) is 26.4. The summed E-state index contributed by atoms with van der Waals surface area (Å²) in [6.07, 6.45) is 0.235. The van der Waals surface area contributed by atoms with Gasteiger partial charge in [0, 0.05) is 20.1 Å². The third kappa shape index (κ3) is 3.98. The fourth-order valence-corrected chi connectivity index (χ4v) is 2.68. The van der Waals surface area contributed by atoms with Gasteiger partial charge in [0.25, 0.3) is 0 Å². The molecular weight excluding hydrogens is 284 g/mol. The minimum Gasteiger partial charge on any atom is -0.481 e. The minimum absolute atomic E-state index is 0.168. The predicted molar refractivity (Wildman–Crippen MR) is 81.4 cm³/mol. The summed E-state index contributed by atoms with van der Waals surface area (Å²) in [5.41, 5.74) is 0.770. The van der Waals surface area contributed by atoms with Crippen LogP contribution in [0.1, 0.15) is 24.5 Å². The predicted octanol–water partition coefficient (Wildman–Crippen LogP) is 1.57. The van der Waals surface area contributed by atoms with E-state index in [1.807, 2.05) is 30.3 Å². The van der Waals surface area contributed by atoms with E-state index >= 15 is 0 Å². The second-order valence-corrected chi connectivity index (χ2v) is 5.69. The van der Waals surface area contributed by atoms with Crippen LogP contribution in [-0.4, -0.2) is 58.7 Å². The molecule has 6 heteroatoms. The maximum atomic E-state index is 12.3. The van der Waals surface area contributed by atoms with Crippen molar-refractivity contribution in [2.24, 2.45) is 5.92 Å². The van der Waals surface area contributed by atoms with Crippen molar-refractivity contribution < 1.29 is 19.8 Å². The first-order valence-electron chi connectivity index (χ1n) is 7.45. The zero-order valence-corrected chi connectivity index (χ0v) is 12.7. The quantitative estimate of drug-likeness (QED) is 0.884. The van der Waals surface area contributed by atoms with Crippen molar-refractivity contribution in [2.45, 2.75) is 18.9 Å². The molecule has 2 rings (SSSR count). The van der Waals surface area contributed by atoms with E-state index < -0.39 is 12.1 Å². The largest absolute Gasteiger partial charge is 0.481 e. The van der Waals surface area contributed by atoms with Crippen molar-refractivity contribution in [3.63, 3.8) is 0 Å². The second kappa shape index (κ2) is 7.26. The number of carboxylic acids is 1. The number of carbonyl (C=O) groups is 2. The number of rotatable bonds is 4. The molecule has 1 aromatic carbocycles. The van der Waals surface area contributed by atoms with Crippen LogP contribution in [0, 0.1) is 5.92 Å². The molecule has 0 aromatic heterocycles. The number of aliphatic hydroxyl groups is 1. The molecule has 0 aliphatic carbocycles. The highest BCUT2D eigenvalue weighted by atomic mass is 16.4. The molecule has 0 bridgehead atoms. The van der Waals surface area contributed by atoms with E-state index in [2.05, 4.69) is 0 Å². The monoisotopic (exact) mass is 306 g/mol. The highest BCUT2D eigenvalue weighted by Gasteiger charge is 2.28. The molecular formula is C16H22N2O4. The molecule has 1 aliphatic rings. The topological polar surface area (TPSA) is 81.1 Å². The van der Waals surface area contributed by atoms with Crippen LogP contribution in [0.4, 0.5) is 4.79 Å². The van der Waals surface area contributed by atoms with E-state index in [0.717, 1.165) is 5.56 Å². The number of urea groups is 1. The molecule has 1 aliphatic heterocycles. The number of hydrogen-bond acceptors (Lipinski definition) is 3. The van der Waals surface area contributed by atoms with Crippen LogP contribution in [0.25, 0.3) is 0 Å². The second-order valence-electron chi connectivity index (χ2n) is 5.69. The lowest BCUT2D eigenvalue weighted by atomic mass is 9.97. The van der Waals surface area contributed by atoms with E-state index in [9.17, 15) is 14.7 Å². The molecule has 1 saturated heterocycles. The van der Waals surface area contributed by atoms with Crippen LogP contribution in [0.15, 0.2) is 30.3 Å². The van der Waals surface area contributed by atoms with Crippen molar-refractivity contribution >= 4 is 12.0 Å². The van der Waals surface area contributed by atoms with Gasteiger partial charge < -0.3 is 20.0 Å². The van der Waals surface area contributed by atoms with Gasteiger partial charge >= 0.3 is 12.0 Å². The van der Waals surface area contributed by atoms with E-state index in [4.69, 9.17) is 5.11 Å². The van der Waals surface area contributed by atoms with Gasteiger partial charge in [-0.05, 0) is 18.4 Å². The number of carboxylic acid groups (broad SMARTS) is 1. The smallest absolute Gasteiger partial charge is 0.319 e. The Morgan fingerprint density at radius 3 is 2.41 bits per heavy atom. The number of amides is 2. The molecule has 0 spiro atoms. The third-order valence-corrected chi connectivity index (χ3v) is 4.07. The summed E-state index contributed by atoms with van der Waals surface area (Å²) < 4.78 is 0. The highest BCUT2D eigenvalue weighted by Crippen LogP contribution is 2.19. The molecule has 0 radical (unpaired) electrons. The van der Waals surface area contributed by atoms with Gasteiger partial charge in [0.2, 0.25) is 0 Å². The number of aliphatic hydroxyl groups excluding tert-OH is 1. The summed E-state index contributed by atoms with van der Waals surface area (Å²) in [5, 5.41) is 19.1. The Hall–Kier alpha value is -2.08. The number of likely N-dealkylation sites (tertiary alicyclic amines) is 1. The van der Waals surface area contributed by atoms with Crippen LogP contribution < -0.4 is 0 Å². The Balaban J connectivity index is 1.86. The fraction of sp³-hybridized carbons (Fsp3) is 0.500. The Labute approximate surface area is 130 Å². The Kier molecular flexibility index (Phi) is 5.38. The fourth-order valence-electron chi connectivity index (χ4n) is 2.68. The van der Waals surface area contributed by atoms with Gasteiger partial charge in [-0.2, -0.15) is 0 Å². The maximum Gasteiger partial charge on any atom is 0.319 e. The molecule has 2 N–H and O–H groups in total. The van der Waals surface area contributed by atoms with E-state index in [-0.39, 0.29) is 18.5 Å². The average Bonchev–Trinajstić information content (AvgIpc) is 2.55. The van der Waals surface area contributed by atoms with Crippen LogP contribution in [-0.2, 0) is 4.79 Å². The summed E-state index contributed by atoms with van der Waals surface area (Å²) in [6.45, 7) is 1.10. The summed E-state index contributed by atoms with van der Waals surface area (Å²) in [6, 6.07) is 9.04. The number of piperidine rings is 1. The molecule has 6 nitrogen and oxygen atoms in total. The molecule has 120 valence electrons. The van der Waals surface area contributed by atoms with Gasteiger partial charge in [-0.15, -0.1) is 0 Å². The lowest BCUT2D eigenvalue weighted by molar-refractivity contribution is -0.143. The standard InChI is InChI=1S/C16H22N2O4/c1-17(11-14(19)12-5-3-2-4-6-12)16(22)18-9-7-13(8-10-18)15(20)21/h2-6,13-14,19H,7-11H2,1H3,(H,20,21). The van der Waals surface area contributed by atoms with Crippen molar-refractivity contribution in [1.82, 2.24) is 9.80 Å². The zero-order chi connectivity index (χ0) is 16.1. The molecule has 1 unspecified atom stereocenters. The van der Waals surface area contributed by atoms with Crippen LogP contribution in [0.5, 0.6) is 0 Å². The van der Waals surface area contributed by atoms with Crippen molar-refractivity contribution in [3.05, 3.63) is 35.9 Å². The summed E-state index contributed by atoms with van der Waals surface area (Å²) >= 11 is 0. The molecule has 2 amide bonds. The number of likely N-dealkylation sites (N-methyl/N-ethyl adjacent to an activating group) is 1. The third-order valence-electron chi connectivity index (χ3n) is 4.07. The first kappa shape index (κ1) is 16.3. The SMILES string of the molecule is CN(CC(O)c1ccccc1)C(=O)N1CCC(C(=O)O)CC1. The number of hydrogen-bond donors (Lipinski definition) is 2. The average molecular weight is 306 g/mol. The van der Waals surface area contributed by atoms with Gasteiger partial charge in [-0.1, -0.05) is 30.3 Å². The van der Waals surface area contributed by atoms with Crippen molar-refractivity contribution in [3.8, 4) is 0 Å². The normalized spacial score (nSPS) is 17.1. The van der Waals surface area contributed by atoms with Gasteiger partial charge in [0.05, 0.1) is 18.6 Å². The van der Waals surface area contributed by atoms with Crippen LogP contribution >= 0.6 is 0 Å². The van der Waals surface area contributed by atoms with Crippen LogP contribution in [0.2, 0.25) is 0 Å². The summed E-state index contributed by atoms with van der Waals surface area (Å²) in [7, 11) is 1.65. The van der Waals surface area contributed by atoms with Crippen molar-refractivity contribution in [1.29, 1.82) is 0 Å². The van der Waals surface area contributed by atoms with Gasteiger partial charge in [0.15, 0.2) is 0 Å². The number of aliphatic carboxylic acids is 1. The first-order chi connectivity index (χ1) is 10.5. The van der Waals surface area contributed by atoms with E-state index in [1.165, 1.54) is 4.90 Å². The molecule has 1 fully saturated rings. The van der Waals surface area contributed by atoms with Gasteiger partial charge in [-0.25, -0.2) is 4.79 Å². The lowest BCUT2D eigenvalue weighted by Gasteiger charge is -2.33. The molecule has 22 heavy (non-hydrogen) atoms. The minimum atomic E-state index is -0.792. The zero-order valence-electron chi connectivity index (χ0n) is 12.7. The Bertz CT molecular complexity index is 512. The molecule has 1 heterocycles. The molecule has 0 saturated carbocycles. The van der Waals surface area contributed by atoms with Crippen LogP contribution in [0.3, 0.4) is 0 Å². The number of carbonyl (C=O) groups excluding carboxylic acids is 1. The van der Waals surface area contributed by atoms with E-state index in [1.54, 1.807) is 11.9 Å². The Morgan fingerprint density at radius 1 is 1.27 bits per heavy atom. The lowest BCUT2D eigenvalue weighted by Crippen LogP contribution is -2.47. The van der Waals surface area contributed by atoms with Crippen molar-refractivity contribution in [2.75, 3.05) is 26.7 Å².